The van der Waals surface area contributed by atoms with Gasteiger partial charge >= 0.3 is 11.8 Å². The van der Waals surface area contributed by atoms with Crippen molar-refractivity contribution >= 4 is 34.6 Å². The zero-order chi connectivity index (χ0) is 44.2. The molecule has 5 heterocycles. The summed E-state index contributed by atoms with van der Waals surface area (Å²) in [6, 6.07) is 23.8. The zero-order valence-corrected chi connectivity index (χ0v) is 36.7. The van der Waals surface area contributed by atoms with Crippen LogP contribution in [0.15, 0.2) is 94.6 Å². The predicted molar refractivity (Wildman–Crippen MR) is 239 cm³/mol. The number of hydrogen-bond donors (Lipinski definition) is 0. The standard InChI is InChI=1S/C49H56N6O8/c1-48(2,3)63-47(60)54-31-35(28-49(54)21-22-49)34-18-25-51(44(57)26-34)36-19-23-50(24-20-36)37-10-15-40-42(27-37)52(29-32-6-11-38(61-4)12-7-32)46(59)55(40)41-16-17-43(56)53(45(41)58)30-33-8-13-39(62-5)14-9-33/h6-15,18,25-27,35-36,41H,16-17,19-24,28-31H2,1-5H3/t35-,41?/m0/s1. The monoisotopic (exact) mass is 856 g/mol. The minimum absolute atomic E-state index is 0.0263. The van der Waals surface area contributed by atoms with Gasteiger partial charge in [0.1, 0.15) is 23.1 Å². The molecule has 4 fully saturated rings. The quantitative estimate of drug-likeness (QED) is 0.136. The third kappa shape index (κ3) is 8.23. The van der Waals surface area contributed by atoms with Gasteiger partial charge in [0.15, 0.2) is 0 Å². The zero-order valence-electron chi connectivity index (χ0n) is 36.7. The van der Waals surface area contributed by atoms with E-state index in [9.17, 15) is 24.0 Å². The lowest BCUT2D eigenvalue weighted by atomic mass is 9.96. The fourth-order valence-electron chi connectivity index (χ4n) is 9.91. The van der Waals surface area contributed by atoms with Gasteiger partial charge in [-0.05, 0) is 125 Å². The smallest absolute Gasteiger partial charge is 0.410 e. The van der Waals surface area contributed by atoms with Crippen LogP contribution in [0.4, 0.5) is 10.5 Å². The second-order valence-electron chi connectivity index (χ2n) is 18.6. The number of benzene rings is 3. The van der Waals surface area contributed by atoms with Gasteiger partial charge in [-0.1, -0.05) is 24.3 Å². The number of imide groups is 1. The van der Waals surface area contributed by atoms with Crippen molar-refractivity contribution in [2.75, 3.05) is 38.8 Å². The topological polar surface area (TPSA) is 138 Å². The van der Waals surface area contributed by atoms with Crippen molar-refractivity contribution in [1.82, 2.24) is 23.5 Å². The molecular weight excluding hydrogens is 801 g/mol. The number of carbonyl (C=O) groups excluding carboxylic acids is 3. The molecule has 14 heteroatoms. The lowest BCUT2D eigenvalue weighted by Gasteiger charge is -2.34. The van der Waals surface area contributed by atoms with Gasteiger partial charge in [-0.2, -0.15) is 0 Å². The van der Waals surface area contributed by atoms with Gasteiger partial charge in [-0.25, -0.2) is 9.59 Å². The van der Waals surface area contributed by atoms with E-state index in [1.165, 1.54) is 4.90 Å². The van der Waals surface area contributed by atoms with E-state index in [1.807, 2.05) is 91.0 Å². The van der Waals surface area contributed by atoms with Crippen molar-refractivity contribution in [2.45, 2.75) is 108 Å². The van der Waals surface area contributed by atoms with Gasteiger partial charge in [0.05, 0.1) is 38.3 Å². The maximum atomic E-state index is 14.6. The summed E-state index contributed by atoms with van der Waals surface area (Å²) >= 11 is 0. The van der Waals surface area contributed by atoms with Crippen molar-refractivity contribution in [2.24, 2.45) is 0 Å². The fraction of sp³-hybridized carbons (Fsp3) is 0.449. The Morgan fingerprint density at radius 1 is 0.778 bits per heavy atom. The number of methoxy groups -OCH3 is 2. The first-order valence-electron chi connectivity index (χ1n) is 22.1. The molecule has 1 unspecified atom stereocenters. The van der Waals surface area contributed by atoms with Crippen molar-refractivity contribution < 1.29 is 28.6 Å². The number of anilines is 1. The molecular formula is C49H56N6O8. The number of fused-ring (bicyclic) bond motifs is 1. The molecule has 9 rings (SSSR count). The van der Waals surface area contributed by atoms with Crippen LogP contribution in [0.5, 0.6) is 11.5 Å². The second kappa shape index (κ2) is 16.4. The highest BCUT2D eigenvalue weighted by molar-refractivity contribution is 6.00. The predicted octanol–water partition coefficient (Wildman–Crippen LogP) is 7.02. The number of likely N-dealkylation sites (tertiary alicyclic amines) is 2. The summed E-state index contributed by atoms with van der Waals surface area (Å²) in [6.45, 7) is 7.98. The minimum Gasteiger partial charge on any atom is -0.497 e. The SMILES string of the molecule is COc1ccc(CN2C(=O)CCC(n3c(=O)n(Cc4ccc(OC)cc4)c4cc(N5CCC(n6ccc([C@@H]7CN(C(=O)OC(C)(C)C)C8(CC8)C7)cc6=O)CC5)ccc43)C2=O)cc1. The number of hydrogen-bond acceptors (Lipinski definition) is 9. The van der Waals surface area contributed by atoms with E-state index >= 15 is 0 Å². The molecule has 4 aliphatic rings. The molecule has 1 spiro atoms. The van der Waals surface area contributed by atoms with Gasteiger partial charge in [0.2, 0.25) is 5.91 Å². The summed E-state index contributed by atoms with van der Waals surface area (Å²) < 4.78 is 21.5. The maximum Gasteiger partial charge on any atom is 0.410 e. The van der Waals surface area contributed by atoms with Crippen LogP contribution in [0.1, 0.15) is 100 Å². The molecule has 63 heavy (non-hydrogen) atoms. The largest absolute Gasteiger partial charge is 0.497 e. The molecule has 1 aliphatic carbocycles. The van der Waals surface area contributed by atoms with Crippen LogP contribution in [-0.4, -0.2) is 86.4 Å². The summed E-state index contributed by atoms with van der Waals surface area (Å²) in [4.78, 5) is 74.3. The Morgan fingerprint density at radius 3 is 2.03 bits per heavy atom. The Kier molecular flexibility index (Phi) is 11.0. The summed E-state index contributed by atoms with van der Waals surface area (Å²) in [7, 11) is 3.19. The molecule has 0 radical (unpaired) electrons. The van der Waals surface area contributed by atoms with Crippen LogP contribution in [-0.2, 0) is 27.4 Å². The molecule has 3 saturated heterocycles. The molecule has 0 bridgehead atoms. The molecule has 0 N–H and O–H groups in total. The van der Waals surface area contributed by atoms with Crippen LogP contribution < -0.4 is 25.6 Å². The number of carbonyl (C=O) groups is 3. The van der Waals surface area contributed by atoms with E-state index in [1.54, 1.807) is 41.6 Å². The van der Waals surface area contributed by atoms with Crippen LogP contribution in [0.25, 0.3) is 11.0 Å². The number of amides is 3. The number of ether oxygens (including phenoxy) is 3. The Labute approximate surface area is 366 Å². The summed E-state index contributed by atoms with van der Waals surface area (Å²) in [6.07, 6.45) is 6.29. The summed E-state index contributed by atoms with van der Waals surface area (Å²) in [5.41, 5.74) is 3.84. The first-order valence-corrected chi connectivity index (χ1v) is 22.1. The molecule has 5 aromatic rings. The Hall–Kier alpha value is -6.31. The van der Waals surface area contributed by atoms with E-state index in [0.717, 1.165) is 54.5 Å². The van der Waals surface area contributed by atoms with Gasteiger partial charge < -0.3 is 28.6 Å². The Balaban J connectivity index is 0.945. The van der Waals surface area contributed by atoms with Crippen LogP contribution in [0.2, 0.25) is 0 Å². The minimum atomic E-state index is -0.855. The van der Waals surface area contributed by atoms with Gasteiger partial charge in [0, 0.05) is 61.5 Å². The lowest BCUT2D eigenvalue weighted by Crippen LogP contribution is -2.47. The van der Waals surface area contributed by atoms with Crippen LogP contribution in [0.3, 0.4) is 0 Å². The molecule has 1 saturated carbocycles. The van der Waals surface area contributed by atoms with Gasteiger partial charge in [-0.15, -0.1) is 0 Å². The first-order chi connectivity index (χ1) is 30.2. The van der Waals surface area contributed by atoms with Crippen molar-refractivity contribution in [3.63, 3.8) is 0 Å². The number of imidazole rings is 1. The summed E-state index contributed by atoms with van der Waals surface area (Å²) in [5.74, 6) is 0.806. The third-order valence-corrected chi connectivity index (χ3v) is 13.5. The normalized spacial score (nSPS) is 20.2. The van der Waals surface area contributed by atoms with E-state index < -0.39 is 17.6 Å². The molecule has 14 nitrogen and oxygen atoms in total. The molecule has 3 amide bonds. The van der Waals surface area contributed by atoms with Crippen LogP contribution >= 0.6 is 0 Å². The highest BCUT2D eigenvalue weighted by Crippen LogP contribution is 2.54. The van der Waals surface area contributed by atoms with E-state index in [4.69, 9.17) is 14.2 Å². The average molecular weight is 857 g/mol. The van der Waals surface area contributed by atoms with Crippen LogP contribution in [0, 0.1) is 0 Å². The molecule has 2 aromatic heterocycles. The highest BCUT2D eigenvalue weighted by atomic mass is 16.6. The van der Waals surface area contributed by atoms with E-state index in [-0.39, 0.29) is 66.7 Å². The molecule has 330 valence electrons. The number of aromatic nitrogens is 3. The number of piperidine rings is 2. The Morgan fingerprint density at radius 2 is 1.43 bits per heavy atom. The molecule has 3 aromatic carbocycles. The van der Waals surface area contributed by atoms with E-state index in [2.05, 4.69) is 11.0 Å². The van der Waals surface area contributed by atoms with Crippen molar-refractivity contribution in [3.8, 4) is 11.5 Å². The average Bonchev–Trinajstić information content (AvgIpc) is 3.87. The molecule has 2 atom stereocenters. The Bertz CT molecular complexity index is 2660. The van der Waals surface area contributed by atoms with Gasteiger partial charge in [-0.3, -0.25) is 28.4 Å². The third-order valence-electron chi connectivity index (χ3n) is 13.5. The second-order valence-corrected chi connectivity index (χ2v) is 18.6. The highest BCUT2D eigenvalue weighted by Gasteiger charge is 2.57. The van der Waals surface area contributed by atoms with E-state index in [0.29, 0.717) is 42.2 Å². The maximum absolute atomic E-state index is 14.6. The van der Waals surface area contributed by atoms with Gasteiger partial charge in [0.25, 0.3) is 11.5 Å². The van der Waals surface area contributed by atoms with Crippen molar-refractivity contribution in [3.05, 3.63) is 123 Å². The fourth-order valence-corrected chi connectivity index (χ4v) is 9.91. The summed E-state index contributed by atoms with van der Waals surface area (Å²) in [5, 5.41) is 0. The number of pyridine rings is 1. The number of rotatable bonds is 10. The lowest BCUT2D eigenvalue weighted by molar-refractivity contribution is -0.151. The number of nitrogens with zero attached hydrogens (tertiary/aromatic N) is 6. The van der Waals surface area contributed by atoms with Crippen molar-refractivity contribution in [1.29, 1.82) is 0 Å². The first kappa shape index (κ1) is 42.0. The molecule has 3 aliphatic heterocycles.